The van der Waals surface area contributed by atoms with E-state index in [9.17, 15) is 0 Å². The zero-order chi connectivity index (χ0) is 13.2. The van der Waals surface area contributed by atoms with Crippen molar-refractivity contribution in [3.63, 3.8) is 0 Å². The van der Waals surface area contributed by atoms with Crippen LogP contribution in [0.3, 0.4) is 0 Å². The van der Waals surface area contributed by atoms with Gasteiger partial charge in [0.05, 0.1) is 0 Å². The number of hydrogen-bond donors (Lipinski definition) is 2. The number of aryl methyl sites for hydroxylation is 1. The fourth-order valence-electron chi connectivity index (χ4n) is 1.80. The molecule has 19 heavy (non-hydrogen) atoms. The first-order valence-electron chi connectivity index (χ1n) is 5.92. The predicted octanol–water partition coefficient (Wildman–Crippen LogP) is 1.76. The van der Waals surface area contributed by atoms with Gasteiger partial charge in [-0.2, -0.15) is 0 Å². The minimum absolute atomic E-state index is 0.566. The largest absolute Gasteiger partial charge is 0.486 e. The Morgan fingerprint density at radius 1 is 1.32 bits per heavy atom. The molecule has 0 saturated carbocycles. The molecule has 1 aliphatic rings. The average molecular weight is 278 g/mol. The molecule has 1 aliphatic heterocycles. The third kappa shape index (κ3) is 2.60. The minimum atomic E-state index is 0.566. The van der Waals surface area contributed by atoms with Gasteiger partial charge in [0, 0.05) is 17.5 Å². The highest BCUT2D eigenvalue weighted by molar-refractivity contribution is 7.98. The molecule has 2 aromatic rings. The monoisotopic (exact) mass is 278 g/mol. The van der Waals surface area contributed by atoms with Crippen molar-refractivity contribution in [2.45, 2.75) is 17.8 Å². The maximum Gasteiger partial charge on any atom is 0.208 e. The third-order valence-corrected chi connectivity index (χ3v) is 3.63. The summed E-state index contributed by atoms with van der Waals surface area (Å²) in [6.07, 6.45) is 0. The highest BCUT2D eigenvalue weighted by Crippen LogP contribution is 2.36. The highest BCUT2D eigenvalue weighted by atomic mass is 32.2. The van der Waals surface area contributed by atoms with Crippen molar-refractivity contribution in [3.05, 3.63) is 23.5 Å². The van der Waals surface area contributed by atoms with E-state index in [1.807, 2.05) is 19.1 Å². The number of aromatic nitrogens is 3. The number of nitrogens with one attached hydrogen (secondary N) is 1. The van der Waals surface area contributed by atoms with E-state index in [0.29, 0.717) is 35.6 Å². The fourth-order valence-corrected chi connectivity index (χ4v) is 2.65. The van der Waals surface area contributed by atoms with Crippen LogP contribution in [0.1, 0.15) is 11.4 Å². The standard InChI is InChI=1S/C12H14N4O2S/c1-7-14-12(16-15-7)19-6-8-4-10-11(5-9(8)13)18-3-2-17-10/h4-5H,2-3,6,13H2,1H3,(H,14,15,16). The molecule has 3 rings (SSSR count). The van der Waals surface area contributed by atoms with Gasteiger partial charge in [-0.1, -0.05) is 11.8 Å². The number of anilines is 1. The molecule has 0 atom stereocenters. The molecule has 1 aromatic carbocycles. The Kier molecular flexibility index (Phi) is 3.20. The lowest BCUT2D eigenvalue weighted by atomic mass is 10.2. The number of rotatable bonds is 3. The van der Waals surface area contributed by atoms with Crippen LogP contribution in [0, 0.1) is 6.92 Å². The summed E-state index contributed by atoms with van der Waals surface area (Å²) in [5.41, 5.74) is 7.71. The van der Waals surface area contributed by atoms with Crippen LogP contribution in [-0.4, -0.2) is 28.4 Å². The van der Waals surface area contributed by atoms with Crippen molar-refractivity contribution in [3.8, 4) is 11.5 Å². The van der Waals surface area contributed by atoms with Crippen molar-refractivity contribution in [1.29, 1.82) is 0 Å². The van der Waals surface area contributed by atoms with Crippen molar-refractivity contribution < 1.29 is 9.47 Å². The number of nitrogens with two attached hydrogens (primary N) is 1. The van der Waals surface area contributed by atoms with Gasteiger partial charge in [-0.25, -0.2) is 4.98 Å². The topological polar surface area (TPSA) is 86.1 Å². The molecule has 0 saturated heterocycles. The summed E-state index contributed by atoms with van der Waals surface area (Å²) in [7, 11) is 0. The number of aromatic amines is 1. The maximum atomic E-state index is 6.02. The molecule has 0 fully saturated rings. The fraction of sp³-hybridized carbons (Fsp3) is 0.333. The summed E-state index contributed by atoms with van der Waals surface area (Å²) in [6, 6.07) is 3.74. The van der Waals surface area contributed by atoms with Gasteiger partial charge in [0.1, 0.15) is 19.0 Å². The number of nitrogens with zero attached hydrogens (tertiary/aromatic N) is 2. The smallest absolute Gasteiger partial charge is 0.208 e. The first-order chi connectivity index (χ1) is 9.22. The van der Waals surface area contributed by atoms with E-state index in [-0.39, 0.29) is 0 Å². The van der Waals surface area contributed by atoms with E-state index in [1.165, 1.54) is 11.8 Å². The van der Waals surface area contributed by atoms with Crippen LogP contribution in [-0.2, 0) is 5.75 Å². The van der Waals surface area contributed by atoms with Crippen LogP contribution >= 0.6 is 11.8 Å². The molecule has 2 heterocycles. The lowest BCUT2D eigenvalue weighted by molar-refractivity contribution is 0.171. The van der Waals surface area contributed by atoms with E-state index >= 15 is 0 Å². The molecule has 1 aromatic heterocycles. The quantitative estimate of drug-likeness (QED) is 0.657. The Hall–Kier alpha value is -1.89. The van der Waals surface area contributed by atoms with Crippen LogP contribution < -0.4 is 15.2 Å². The van der Waals surface area contributed by atoms with E-state index < -0.39 is 0 Å². The number of hydrogen-bond acceptors (Lipinski definition) is 6. The van der Waals surface area contributed by atoms with Gasteiger partial charge in [-0.3, -0.25) is 5.10 Å². The molecule has 3 N–H and O–H groups in total. The van der Waals surface area contributed by atoms with E-state index in [0.717, 1.165) is 17.1 Å². The van der Waals surface area contributed by atoms with E-state index in [2.05, 4.69) is 15.2 Å². The summed E-state index contributed by atoms with van der Waals surface area (Å²) in [5, 5.41) is 7.60. The van der Waals surface area contributed by atoms with Gasteiger partial charge in [-0.15, -0.1) is 5.10 Å². The number of H-pyrrole nitrogens is 1. The molecule has 0 unspecified atom stereocenters. The van der Waals surface area contributed by atoms with Gasteiger partial charge < -0.3 is 15.2 Å². The highest BCUT2D eigenvalue weighted by Gasteiger charge is 2.15. The van der Waals surface area contributed by atoms with Crippen LogP contribution in [0.2, 0.25) is 0 Å². The third-order valence-electron chi connectivity index (χ3n) is 2.74. The van der Waals surface area contributed by atoms with Crippen LogP contribution in [0.4, 0.5) is 5.69 Å². The van der Waals surface area contributed by atoms with Crippen molar-refractivity contribution >= 4 is 17.4 Å². The Bertz CT molecular complexity index is 599. The molecule has 0 radical (unpaired) electrons. The molecular weight excluding hydrogens is 264 g/mol. The molecule has 6 nitrogen and oxygen atoms in total. The zero-order valence-electron chi connectivity index (χ0n) is 10.5. The van der Waals surface area contributed by atoms with Gasteiger partial charge >= 0.3 is 0 Å². The molecule has 0 aliphatic carbocycles. The first kappa shape index (κ1) is 12.2. The Labute approximate surface area is 114 Å². The number of ether oxygens (including phenoxy) is 2. The number of nitrogen functional groups attached to an aromatic ring is 1. The average Bonchev–Trinajstić information content (AvgIpc) is 2.82. The van der Waals surface area contributed by atoms with Crippen LogP contribution in [0.5, 0.6) is 11.5 Å². The summed E-state index contributed by atoms with van der Waals surface area (Å²) in [4.78, 5) is 4.24. The summed E-state index contributed by atoms with van der Waals surface area (Å²) in [6.45, 7) is 3.01. The van der Waals surface area contributed by atoms with E-state index in [1.54, 1.807) is 0 Å². The summed E-state index contributed by atoms with van der Waals surface area (Å²) >= 11 is 1.53. The molecule has 7 heteroatoms. The zero-order valence-corrected chi connectivity index (χ0v) is 11.3. The van der Waals surface area contributed by atoms with Crippen molar-refractivity contribution in [2.75, 3.05) is 18.9 Å². The molecule has 100 valence electrons. The van der Waals surface area contributed by atoms with Crippen LogP contribution in [0.25, 0.3) is 0 Å². The molecule has 0 bridgehead atoms. The Morgan fingerprint density at radius 3 is 2.74 bits per heavy atom. The lowest BCUT2D eigenvalue weighted by Gasteiger charge is -2.20. The first-order valence-corrected chi connectivity index (χ1v) is 6.91. The number of fused-ring (bicyclic) bond motifs is 1. The number of thioether (sulfide) groups is 1. The Morgan fingerprint density at radius 2 is 2.05 bits per heavy atom. The van der Waals surface area contributed by atoms with Crippen molar-refractivity contribution in [1.82, 2.24) is 15.2 Å². The van der Waals surface area contributed by atoms with E-state index in [4.69, 9.17) is 15.2 Å². The molecule has 0 amide bonds. The van der Waals surface area contributed by atoms with Crippen LogP contribution in [0.15, 0.2) is 17.3 Å². The second-order valence-electron chi connectivity index (χ2n) is 4.19. The second-order valence-corrected chi connectivity index (χ2v) is 5.13. The predicted molar refractivity (Wildman–Crippen MR) is 72.5 cm³/mol. The Balaban J connectivity index is 1.77. The van der Waals surface area contributed by atoms with Crippen molar-refractivity contribution in [2.24, 2.45) is 0 Å². The molecule has 0 spiro atoms. The summed E-state index contributed by atoms with van der Waals surface area (Å²) < 4.78 is 11.0. The molecular formula is C12H14N4O2S. The second kappa shape index (κ2) is 5.00. The lowest BCUT2D eigenvalue weighted by Crippen LogP contribution is -2.15. The van der Waals surface area contributed by atoms with Gasteiger partial charge in [0.2, 0.25) is 5.16 Å². The SMILES string of the molecule is Cc1nc(SCc2cc3c(cc2N)OCCO3)n[nH]1. The summed E-state index contributed by atoms with van der Waals surface area (Å²) in [5.74, 6) is 2.96. The minimum Gasteiger partial charge on any atom is -0.486 e. The number of benzene rings is 1. The normalized spacial score (nSPS) is 13.5. The maximum absolute atomic E-state index is 6.02. The van der Waals surface area contributed by atoms with Gasteiger partial charge in [0.25, 0.3) is 0 Å². The van der Waals surface area contributed by atoms with Gasteiger partial charge in [0.15, 0.2) is 11.5 Å². The van der Waals surface area contributed by atoms with Gasteiger partial charge in [-0.05, 0) is 18.6 Å².